The molecular formula is C24H24FN3O3. The first-order valence-corrected chi connectivity index (χ1v) is 10.4. The van der Waals surface area contributed by atoms with Crippen LogP contribution in [-0.4, -0.2) is 34.5 Å². The van der Waals surface area contributed by atoms with E-state index in [2.05, 4.69) is 10.5 Å². The van der Waals surface area contributed by atoms with Gasteiger partial charge < -0.3 is 14.7 Å². The molecule has 1 unspecified atom stereocenters. The highest BCUT2D eigenvalue weighted by atomic mass is 19.1. The smallest absolute Gasteiger partial charge is 0.276 e. The Bertz CT molecular complexity index is 1070. The van der Waals surface area contributed by atoms with E-state index >= 15 is 0 Å². The molecule has 7 heteroatoms. The Morgan fingerprint density at radius 3 is 2.61 bits per heavy atom. The normalized spacial score (nSPS) is 19.7. The van der Waals surface area contributed by atoms with Gasteiger partial charge in [-0.2, -0.15) is 0 Å². The van der Waals surface area contributed by atoms with Gasteiger partial charge in [-0.3, -0.25) is 9.59 Å². The van der Waals surface area contributed by atoms with Gasteiger partial charge in [-0.15, -0.1) is 0 Å². The summed E-state index contributed by atoms with van der Waals surface area (Å²) in [5.41, 5.74) is 1.67. The van der Waals surface area contributed by atoms with Gasteiger partial charge in [0.1, 0.15) is 11.9 Å². The first kappa shape index (κ1) is 20.8. The minimum absolute atomic E-state index is 0.0239. The molecule has 31 heavy (non-hydrogen) atoms. The summed E-state index contributed by atoms with van der Waals surface area (Å²) in [7, 11) is 0. The standard InChI is InChI=1S/C24H24FN3O3/c1-3-15(2)22-23(29)26-20(16-7-5-4-6-8-16)14-28(22)24(30)19-13-21(31-27-19)17-9-11-18(25)12-10-17/h4-13,15,20,22H,3,14H2,1-2H3,(H,26,29)/t15?,20-,22+/m1/s1. The number of halogens is 1. The number of hydrogen-bond donors (Lipinski definition) is 1. The minimum Gasteiger partial charge on any atom is -0.355 e. The number of carbonyl (C=O) groups is 2. The largest absolute Gasteiger partial charge is 0.355 e. The van der Waals surface area contributed by atoms with Crippen molar-refractivity contribution in [1.82, 2.24) is 15.4 Å². The van der Waals surface area contributed by atoms with Gasteiger partial charge in [-0.05, 0) is 35.7 Å². The lowest BCUT2D eigenvalue weighted by molar-refractivity contribution is -0.131. The molecule has 160 valence electrons. The zero-order valence-corrected chi connectivity index (χ0v) is 17.4. The Morgan fingerprint density at radius 2 is 1.94 bits per heavy atom. The first-order chi connectivity index (χ1) is 15.0. The zero-order chi connectivity index (χ0) is 22.0. The molecule has 6 nitrogen and oxygen atoms in total. The fourth-order valence-corrected chi connectivity index (χ4v) is 3.90. The predicted molar refractivity (Wildman–Crippen MR) is 114 cm³/mol. The molecule has 1 aliphatic heterocycles. The van der Waals surface area contributed by atoms with E-state index in [0.29, 0.717) is 17.9 Å². The summed E-state index contributed by atoms with van der Waals surface area (Å²) >= 11 is 0. The first-order valence-electron chi connectivity index (χ1n) is 10.4. The maximum Gasteiger partial charge on any atom is 0.276 e. The number of benzene rings is 2. The number of nitrogens with zero attached hydrogens (tertiary/aromatic N) is 2. The third-order valence-corrected chi connectivity index (χ3v) is 5.80. The van der Waals surface area contributed by atoms with Gasteiger partial charge in [0.2, 0.25) is 5.91 Å². The predicted octanol–water partition coefficient (Wildman–Crippen LogP) is 4.21. The van der Waals surface area contributed by atoms with E-state index in [-0.39, 0.29) is 35.3 Å². The second kappa shape index (κ2) is 8.71. The van der Waals surface area contributed by atoms with Crippen molar-refractivity contribution in [1.29, 1.82) is 0 Å². The molecule has 2 amide bonds. The maximum absolute atomic E-state index is 13.4. The average molecular weight is 421 g/mol. The lowest BCUT2D eigenvalue weighted by Gasteiger charge is -2.41. The van der Waals surface area contributed by atoms with E-state index in [1.165, 1.54) is 18.2 Å². The van der Waals surface area contributed by atoms with Crippen LogP contribution in [0.3, 0.4) is 0 Å². The highest BCUT2D eigenvalue weighted by Gasteiger charge is 2.41. The van der Waals surface area contributed by atoms with E-state index in [1.807, 2.05) is 44.2 Å². The van der Waals surface area contributed by atoms with Gasteiger partial charge >= 0.3 is 0 Å². The average Bonchev–Trinajstić information content (AvgIpc) is 3.29. The second-order valence-corrected chi connectivity index (χ2v) is 7.84. The van der Waals surface area contributed by atoms with Crippen molar-refractivity contribution in [2.24, 2.45) is 5.92 Å². The molecule has 1 saturated heterocycles. The SMILES string of the molecule is CCC(C)[C@H]1C(=O)N[C@@H](c2ccccc2)CN1C(=O)c1cc(-c2ccc(F)cc2)on1. The number of hydrogen-bond acceptors (Lipinski definition) is 4. The molecule has 0 aliphatic carbocycles. The van der Waals surface area contributed by atoms with Crippen LogP contribution in [0.15, 0.2) is 65.2 Å². The van der Waals surface area contributed by atoms with E-state index in [1.54, 1.807) is 17.0 Å². The van der Waals surface area contributed by atoms with Gasteiger partial charge in [0, 0.05) is 18.2 Å². The molecule has 0 spiro atoms. The van der Waals surface area contributed by atoms with Gasteiger partial charge in [0.25, 0.3) is 5.91 Å². The van der Waals surface area contributed by atoms with Crippen molar-refractivity contribution >= 4 is 11.8 Å². The molecule has 4 rings (SSSR count). The van der Waals surface area contributed by atoms with Crippen LogP contribution in [-0.2, 0) is 4.79 Å². The molecule has 1 fully saturated rings. The summed E-state index contributed by atoms with van der Waals surface area (Å²) in [5.74, 6) is -0.556. The Labute approximate surface area is 180 Å². The third-order valence-electron chi connectivity index (χ3n) is 5.80. The van der Waals surface area contributed by atoms with Crippen LogP contribution in [0.1, 0.15) is 42.4 Å². The molecule has 2 aromatic carbocycles. The summed E-state index contributed by atoms with van der Waals surface area (Å²) in [6.07, 6.45) is 0.748. The maximum atomic E-state index is 13.4. The molecule has 0 saturated carbocycles. The molecule has 1 N–H and O–H groups in total. The topological polar surface area (TPSA) is 75.4 Å². The molecule has 0 radical (unpaired) electrons. The lowest BCUT2D eigenvalue weighted by atomic mass is 9.91. The van der Waals surface area contributed by atoms with Crippen molar-refractivity contribution in [3.05, 3.63) is 77.7 Å². The van der Waals surface area contributed by atoms with E-state index in [0.717, 1.165) is 12.0 Å². The zero-order valence-electron chi connectivity index (χ0n) is 17.4. The van der Waals surface area contributed by atoms with Crippen molar-refractivity contribution in [3.63, 3.8) is 0 Å². The van der Waals surface area contributed by atoms with Crippen LogP contribution >= 0.6 is 0 Å². The van der Waals surface area contributed by atoms with Crippen LogP contribution in [0.4, 0.5) is 4.39 Å². The summed E-state index contributed by atoms with van der Waals surface area (Å²) in [4.78, 5) is 28.0. The Hall–Kier alpha value is -3.48. The second-order valence-electron chi connectivity index (χ2n) is 7.84. The van der Waals surface area contributed by atoms with Crippen molar-refractivity contribution in [3.8, 4) is 11.3 Å². The Balaban J connectivity index is 1.64. The number of amides is 2. The van der Waals surface area contributed by atoms with Crippen molar-refractivity contribution in [2.45, 2.75) is 32.4 Å². The summed E-state index contributed by atoms with van der Waals surface area (Å²) < 4.78 is 18.5. The molecule has 0 bridgehead atoms. The van der Waals surface area contributed by atoms with Crippen LogP contribution in [0.2, 0.25) is 0 Å². The Kier molecular flexibility index (Phi) is 5.84. The van der Waals surface area contributed by atoms with E-state index in [9.17, 15) is 14.0 Å². The molecular weight excluding hydrogens is 397 g/mol. The quantitative estimate of drug-likeness (QED) is 0.670. The Morgan fingerprint density at radius 1 is 1.23 bits per heavy atom. The molecule has 1 aromatic heterocycles. The van der Waals surface area contributed by atoms with Crippen LogP contribution in [0.25, 0.3) is 11.3 Å². The summed E-state index contributed by atoms with van der Waals surface area (Å²) in [6, 6.07) is 16.0. The monoisotopic (exact) mass is 421 g/mol. The number of nitrogens with one attached hydrogen (secondary N) is 1. The number of rotatable bonds is 5. The van der Waals surface area contributed by atoms with Crippen molar-refractivity contribution in [2.75, 3.05) is 6.54 Å². The van der Waals surface area contributed by atoms with Crippen LogP contribution < -0.4 is 5.32 Å². The molecule has 3 atom stereocenters. The van der Waals surface area contributed by atoms with Crippen LogP contribution in [0, 0.1) is 11.7 Å². The fourth-order valence-electron chi connectivity index (χ4n) is 3.90. The molecule has 3 aromatic rings. The van der Waals surface area contributed by atoms with E-state index < -0.39 is 6.04 Å². The third kappa shape index (κ3) is 4.21. The van der Waals surface area contributed by atoms with Gasteiger partial charge in [-0.1, -0.05) is 55.8 Å². The fraction of sp³-hybridized carbons (Fsp3) is 0.292. The van der Waals surface area contributed by atoms with Gasteiger partial charge in [0.05, 0.1) is 6.04 Å². The summed E-state index contributed by atoms with van der Waals surface area (Å²) in [6.45, 7) is 4.29. The number of carbonyl (C=O) groups excluding carboxylic acids is 2. The highest BCUT2D eigenvalue weighted by Crippen LogP contribution is 2.28. The van der Waals surface area contributed by atoms with Crippen LogP contribution in [0.5, 0.6) is 0 Å². The number of piperazine rings is 1. The molecule has 1 aliphatic rings. The minimum atomic E-state index is -0.594. The van der Waals surface area contributed by atoms with E-state index in [4.69, 9.17) is 4.52 Å². The number of aromatic nitrogens is 1. The lowest BCUT2D eigenvalue weighted by Crippen LogP contribution is -2.60. The highest BCUT2D eigenvalue weighted by molar-refractivity contribution is 5.97. The molecule has 2 heterocycles. The van der Waals surface area contributed by atoms with Gasteiger partial charge in [-0.25, -0.2) is 4.39 Å². The summed E-state index contributed by atoms with van der Waals surface area (Å²) in [5, 5.41) is 7.00. The van der Waals surface area contributed by atoms with Gasteiger partial charge in [0.15, 0.2) is 11.5 Å². The van der Waals surface area contributed by atoms with Crippen molar-refractivity contribution < 1.29 is 18.5 Å².